The molecule has 0 amide bonds. The number of nitrogens with one attached hydrogen (secondary N) is 1. The van der Waals surface area contributed by atoms with Crippen molar-refractivity contribution in [1.29, 1.82) is 0 Å². The van der Waals surface area contributed by atoms with Crippen LogP contribution < -0.4 is 5.48 Å². The quantitative estimate of drug-likeness (QED) is 0.658. The first-order chi connectivity index (χ1) is 6.97. The van der Waals surface area contributed by atoms with Gasteiger partial charge in [0.25, 0.3) is 10.1 Å². The average Bonchev–Trinajstić information content (AvgIpc) is 2.22. The molecule has 0 aliphatic heterocycles. The Morgan fingerprint density at radius 2 is 1.80 bits per heavy atom. The standard InChI is InChI=1S/C10H23NO3S/c1-5-8-10(7-3)11-14-15(12,13)9(4)6-2/h9-11H,5-8H2,1-4H3. The lowest BCUT2D eigenvalue weighted by Gasteiger charge is -2.17. The van der Waals surface area contributed by atoms with Crippen LogP contribution in [0.1, 0.15) is 53.4 Å². The number of hydrogen-bond donors (Lipinski definition) is 1. The molecular weight excluding hydrogens is 214 g/mol. The summed E-state index contributed by atoms with van der Waals surface area (Å²) in [6.07, 6.45) is 3.36. The van der Waals surface area contributed by atoms with Crippen LogP contribution in [0.3, 0.4) is 0 Å². The van der Waals surface area contributed by atoms with Crippen LogP contribution in [0.25, 0.3) is 0 Å². The van der Waals surface area contributed by atoms with Gasteiger partial charge in [0, 0.05) is 6.04 Å². The van der Waals surface area contributed by atoms with Gasteiger partial charge in [0.2, 0.25) is 0 Å². The summed E-state index contributed by atoms with van der Waals surface area (Å²) >= 11 is 0. The Morgan fingerprint density at radius 3 is 2.20 bits per heavy atom. The fourth-order valence-corrected chi connectivity index (χ4v) is 1.96. The second-order valence-electron chi connectivity index (χ2n) is 3.81. The largest absolute Gasteiger partial charge is 0.285 e. The molecule has 2 atom stereocenters. The molecule has 0 aliphatic rings. The molecular formula is C10H23NO3S. The zero-order valence-corrected chi connectivity index (χ0v) is 10.9. The third kappa shape index (κ3) is 5.49. The molecule has 0 aromatic heterocycles. The molecule has 0 aliphatic carbocycles. The lowest BCUT2D eigenvalue weighted by molar-refractivity contribution is 0.152. The van der Waals surface area contributed by atoms with E-state index in [0.29, 0.717) is 6.42 Å². The minimum atomic E-state index is -3.44. The predicted molar refractivity (Wildman–Crippen MR) is 61.9 cm³/mol. The third-order valence-corrected chi connectivity index (χ3v) is 4.18. The summed E-state index contributed by atoms with van der Waals surface area (Å²) in [6, 6.07) is 0.119. The summed E-state index contributed by atoms with van der Waals surface area (Å²) < 4.78 is 27.8. The van der Waals surface area contributed by atoms with Crippen LogP contribution in [0.4, 0.5) is 0 Å². The Balaban J connectivity index is 4.12. The van der Waals surface area contributed by atoms with Crippen molar-refractivity contribution in [2.75, 3.05) is 0 Å². The molecule has 0 spiro atoms. The zero-order valence-electron chi connectivity index (χ0n) is 10.1. The lowest BCUT2D eigenvalue weighted by atomic mass is 10.1. The second kappa shape index (κ2) is 7.19. The summed E-state index contributed by atoms with van der Waals surface area (Å²) in [6.45, 7) is 7.55. The Bertz CT molecular complexity index is 251. The van der Waals surface area contributed by atoms with Crippen LogP contribution in [-0.4, -0.2) is 19.7 Å². The molecule has 0 aromatic carbocycles. The molecule has 0 rings (SSSR count). The third-order valence-electron chi connectivity index (χ3n) is 2.53. The predicted octanol–water partition coefficient (Wildman–Crippen LogP) is 2.21. The Kier molecular flexibility index (Phi) is 7.13. The highest BCUT2D eigenvalue weighted by atomic mass is 32.2. The van der Waals surface area contributed by atoms with Gasteiger partial charge in [0.1, 0.15) is 0 Å². The first kappa shape index (κ1) is 14.9. The topological polar surface area (TPSA) is 55.4 Å². The van der Waals surface area contributed by atoms with Gasteiger partial charge in [0.15, 0.2) is 0 Å². The monoisotopic (exact) mass is 237 g/mol. The van der Waals surface area contributed by atoms with E-state index in [9.17, 15) is 8.42 Å². The Morgan fingerprint density at radius 1 is 1.20 bits per heavy atom. The normalized spacial score (nSPS) is 16.3. The van der Waals surface area contributed by atoms with Crippen molar-refractivity contribution < 1.29 is 12.7 Å². The van der Waals surface area contributed by atoms with E-state index in [1.807, 2.05) is 13.8 Å². The molecule has 4 nitrogen and oxygen atoms in total. The Hall–Kier alpha value is -0.130. The van der Waals surface area contributed by atoms with Gasteiger partial charge in [-0.05, 0) is 26.2 Å². The molecule has 2 unspecified atom stereocenters. The van der Waals surface area contributed by atoms with Crippen LogP contribution in [-0.2, 0) is 14.4 Å². The molecule has 0 saturated carbocycles. The molecule has 0 aromatic rings. The van der Waals surface area contributed by atoms with Crippen LogP contribution in [0, 0.1) is 0 Å². The molecule has 15 heavy (non-hydrogen) atoms. The summed E-state index contributed by atoms with van der Waals surface area (Å²) in [4.78, 5) is 0. The van der Waals surface area contributed by atoms with Gasteiger partial charge in [-0.3, -0.25) is 0 Å². The first-order valence-corrected chi connectivity index (χ1v) is 7.12. The van der Waals surface area contributed by atoms with Gasteiger partial charge in [-0.1, -0.05) is 27.2 Å². The summed E-state index contributed by atoms with van der Waals surface area (Å²) in [5.74, 6) is 0. The van der Waals surface area contributed by atoms with E-state index in [1.54, 1.807) is 6.92 Å². The van der Waals surface area contributed by atoms with Crippen molar-refractivity contribution in [1.82, 2.24) is 5.48 Å². The van der Waals surface area contributed by atoms with E-state index < -0.39 is 15.4 Å². The van der Waals surface area contributed by atoms with E-state index in [4.69, 9.17) is 4.28 Å². The highest BCUT2D eigenvalue weighted by molar-refractivity contribution is 7.87. The van der Waals surface area contributed by atoms with E-state index in [0.717, 1.165) is 19.3 Å². The second-order valence-corrected chi connectivity index (χ2v) is 5.76. The first-order valence-electron chi connectivity index (χ1n) is 5.65. The van der Waals surface area contributed by atoms with Gasteiger partial charge in [0.05, 0.1) is 5.25 Å². The van der Waals surface area contributed by atoms with Gasteiger partial charge in [-0.25, -0.2) is 0 Å². The van der Waals surface area contributed by atoms with Crippen LogP contribution >= 0.6 is 0 Å². The van der Waals surface area contributed by atoms with E-state index in [2.05, 4.69) is 12.4 Å². The minimum absolute atomic E-state index is 0.119. The van der Waals surface area contributed by atoms with Crippen LogP contribution in [0.15, 0.2) is 0 Å². The number of hydrogen-bond acceptors (Lipinski definition) is 4. The molecule has 0 heterocycles. The van der Waals surface area contributed by atoms with Crippen molar-refractivity contribution in [3.8, 4) is 0 Å². The summed E-state index contributed by atoms with van der Waals surface area (Å²) in [7, 11) is -3.44. The SMILES string of the molecule is CCCC(CC)NOS(=O)(=O)C(C)CC. The van der Waals surface area contributed by atoms with Crippen molar-refractivity contribution >= 4 is 10.1 Å². The zero-order chi connectivity index (χ0) is 11.9. The van der Waals surface area contributed by atoms with Crippen molar-refractivity contribution in [3.05, 3.63) is 0 Å². The maximum Gasteiger partial charge on any atom is 0.285 e. The number of rotatable bonds is 8. The fraction of sp³-hybridized carbons (Fsp3) is 1.00. The molecule has 0 saturated heterocycles. The van der Waals surface area contributed by atoms with Gasteiger partial charge in [-0.15, -0.1) is 0 Å². The number of hydroxylamine groups is 1. The van der Waals surface area contributed by atoms with E-state index >= 15 is 0 Å². The molecule has 0 fully saturated rings. The molecule has 92 valence electrons. The van der Waals surface area contributed by atoms with E-state index in [1.165, 1.54) is 0 Å². The minimum Gasteiger partial charge on any atom is -0.198 e. The van der Waals surface area contributed by atoms with Crippen molar-refractivity contribution in [2.45, 2.75) is 64.7 Å². The van der Waals surface area contributed by atoms with E-state index in [-0.39, 0.29) is 6.04 Å². The fourth-order valence-electron chi connectivity index (χ4n) is 1.12. The maximum atomic E-state index is 11.5. The molecule has 0 bridgehead atoms. The summed E-state index contributed by atoms with van der Waals surface area (Å²) in [5, 5.41) is -0.455. The average molecular weight is 237 g/mol. The maximum absolute atomic E-state index is 11.5. The molecule has 1 N–H and O–H groups in total. The van der Waals surface area contributed by atoms with Crippen LogP contribution in [0.5, 0.6) is 0 Å². The summed E-state index contributed by atoms with van der Waals surface area (Å²) in [5.41, 5.74) is 2.64. The Labute approximate surface area is 93.5 Å². The van der Waals surface area contributed by atoms with Crippen molar-refractivity contribution in [2.24, 2.45) is 0 Å². The highest BCUT2D eigenvalue weighted by Crippen LogP contribution is 2.08. The smallest absolute Gasteiger partial charge is 0.198 e. The molecule has 0 radical (unpaired) electrons. The van der Waals surface area contributed by atoms with Crippen molar-refractivity contribution in [3.63, 3.8) is 0 Å². The molecule has 5 heteroatoms. The van der Waals surface area contributed by atoms with Crippen LogP contribution in [0.2, 0.25) is 0 Å². The van der Waals surface area contributed by atoms with Gasteiger partial charge in [-0.2, -0.15) is 18.2 Å². The highest BCUT2D eigenvalue weighted by Gasteiger charge is 2.21. The lowest BCUT2D eigenvalue weighted by Crippen LogP contribution is -2.34. The van der Waals surface area contributed by atoms with Gasteiger partial charge >= 0.3 is 0 Å². The van der Waals surface area contributed by atoms with Gasteiger partial charge < -0.3 is 0 Å².